The molecule has 0 spiro atoms. The van der Waals surface area contributed by atoms with E-state index in [1.807, 2.05) is 21.9 Å². The summed E-state index contributed by atoms with van der Waals surface area (Å²) < 4.78 is 5.21. The van der Waals surface area contributed by atoms with Crippen LogP contribution in [0.5, 0.6) is 0 Å². The van der Waals surface area contributed by atoms with Crippen LogP contribution in [0.25, 0.3) is 0 Å². The van der Waals surface area contributed by atoms with Crippen molar-refractivity contribution >= 4 is 11.8 Å². The summed E-state index contributed by atoms with van der Waals surface area (Å²) in [6.07, 6.45) is 1.37. The summed E-state index contributed by atoms with van der Waals surface area (Å²) in [7, 11) is 0. The maximum absolute atomic E-state index is 12.8. The Labute approximate surface area is 158 Å². The highest BCUT2D eigenvalue weighted by Crippen LogP contribution is 2.45. The van der Waals surface area contributed by atoms with E-state index in [0.717, 1.165) is 0 Å². The van der Waals surface area contributed by atoms with Gasteiger partial charge in [0.15, 0.2) is 5.69 Å². The van der Waals surface area contributed by atoms with E-state index in [-0.39, 0.29) is 36.2 Å². The van der Waals surface area contributed by atoms with Crippen LogP contribution in [-0.4, -0.2) is 46.2 Å². The number of nitrogens with two attached hydrogens (primary N) is 1. The number of carbonyl (C=O) groups excluding carboxylic acids is 2. The lowest BCUT2D eigenvalue weighted by atomic mass is 9.87. The average molecular weight is 368 g/mol. The molecule has 0 unspecified atom stereocenters. The molecule has 2 aliphatic rings. The molecule has 7 nitrogen and oxygen atoms in total. The van der Waals surface area contributed by atoms with Gasteiger partial charge in [-0.15, -0.1) is 0 Å². The molecular weight excluding hydrogens is 344 g/mol. The summed E-state index contributed by atoms with van der Waals surface area (Å²) in [4.78, 5) is 33.0. The first-order valence-electron chi connectivity index (χ1n) is 9.26. The lowest BCUT2D eigenvalue weighted by Gasteiger charge is -2.30. The Bertz CT molecular complexity index is 878. The summed E-state index contributed by atoms with van der Waals surface area (Å²) in [6, 6.07) is 8.18. The van der Waals surface area contributed by atoms with Gasteiger partial charge in [0.1, 0.15) is 6.26 Å². The minimum Gasteiger partial charge on any atom is -0.447 e. The third-order valence-electron chi connectivity index (χ3n) is 5.81. The molecule has 2 aliphatic heterocycles. The fourth-order valence-electron chi connectivity index (χ4n) is 4.52. The van der Waals surface area contributed by atoms with E-state index in [2.05, 4.69) is 24.0 Å². The van der Waals surface area contributed by atoms with Gasteiger partial charge in [-0.2, -0.15) is 0 Å². The largest absolute Gasteiger partial charge is 0.447 e. The van der Waals surface area contributed by atoms with E-state index in [0.29, 0.717) is 31.2 Å². The first-order chi connectivity index (χ1) is 13.0. The second-order valence-electron chi connectivity index (χ2n) is 7.44. The van der Waals surface area contributed by atoms with Crippen LogP contribution in [-0.2, 0) is 11.3 Å². The molecule has 1 aromatic heterocycles. The van der Waals surface area contributed by atoms with Crippen LogP contribution in [0.4, 0.5) is 0 Å². The standard InChI is InChI=1S/C20H24N4O3/c1-12-5-3-4-6-15(12)19-16-10-23(8-14(16)9-24(19)13(2)25)20(26)17-11-27-18(7-21)22-17/h3-6,11,14,16,19H,7-10,21H2,1-2H3/t14-,16-,19+/m1/s1. The molecule has 3 heterocycles. The minimum atomic E-state index is -0.134. The molecule has 0 radical (unpaired) electrons. The van der Waals surface area contributed by atoms with Crippen molar-refractivity contribution in [2.24, 2.45) is 17.6 Å². The molecule has 4 rings (SSSR count). The van der Waals surface area contributed by atoms with Crippen molar-refractivity contribution in [1.29, 1.82) is 0 Å². The van der Waals surface area contributed by atoms with Crippen LogP contribution in [0.3, 0.4) is 0 Å². The zero-order valence-electron chi connectivity index (χ0n) is 15.6. The topological polar surface area (TPSA) is 92.7 Å². The number of benzene rings is 1. The number of aryl methyl sites for hydroxylation is 1. The fraction of sp³-hybridized carbons (Fsp3) is 0.450. The molecule has 2 fully saturated rings. The molecule has 7 heteroatoms. The average Bonchev–Trinajstić information content (AvgIpc) is 3.35. The minimum absolute atomic E-state index is 0.00316. The molecule has 142 valence electrons. The van der Waals surface area contributed by atoms with Gasteiger partial charge in [0.25, 0.3) is 5.91 Å². The first kappa shape index (κ1) is 17.7. The highest BCUT2D eigenvalue weighted by molar-refractivity contribution is 5.92. The predicted octanol–water partition coefficient (Wildman–Crippen LogP) is 1.73. The Hall–Kier alpha value is -2.67. The fourth-order valence-corrected chi connectivity index (χ4v) is 4.52. The molecule has 3 atom stereocenters. The van der Waals surface area contributed by atoms with Gasteiger partial charge in [0, 0.05) is 38.4 Å². The number of nitrogens with zero attached hydrogens (tertiary/aromatic N) is 3. The van der Waals surface area contributed by atoms with Crippen LogP contribution < -0.4 is 5.73 Å². The van der Waals surface area contributed by atoms with Crippen LogP contribution in [0.1, 0.15) is 40.5 Å². The highest BCUT2D eigenvalue weighted by atomic mass is 16.3. The summed E-state index contributed by atoms with van der Waals surface area (Å²) in [6.45, 7) is 5.77. The van der Waals surface area contributed by atoms with Crippen molar-refractivity contribution in [1.82, 2.24) is 14.8 Å². The highest BCUT2D eigenvalue weighted by Gasteiger charge is 2.50. The summed E-state index contributed by atoms with van der Waals surface area (Å²) in [5.74, 6) is 0.798. The number of hydrogen-bond acceptors (Lipinski definition) is 5. The maximum atomic E-state index is 12.8. The van der Waals surface area contributed by atoms with Crippen molar-refractivity contribution in [3.63, 3.8) is 0 Å². The smallest absolute Gasteiger partial charge is 0.275 e. The van der Waals surface area contributed by atoms with Gasteiger partial charge in [0.2, 0.25) is 11.8 Å². The van der Waals surface area contributed by atoms with E-state index in [4.69, 9.17) is 10.2 Å². The summed E-state index contributed by atoms with van der Waals surface area (Å²) >= 11 is 0. The van der Waals surface area contributed by atoms with E-state index >= 15 is 0 Å². The first-order valence-corrected chi connectivity index (χ1v) is 9.26. The Morgan fingerprint density at radius 1 is 1.26 bits per heavy atom. The van der Waals surface area contributed by atoms with Crippen molar-refractivity contribution in [3.05, 3.63) is 53.2 Å². The maximum Gasteiger partial charge on any atom is 0.275 e. The van der Waals surface area contributed by atoms with Crippen LogP contribution in [0.15, 0.2) is 34.9 Å². The van der Waals surface area contributed by atoms with Gasteiger partial charge in [0.05, 0.1) is 12.6 Å². The summed E-state index contributed by atoms with van der Waals surface area (Å²) in [5, 5.41) is 0. The van der Waals surface area contributed by atoms with E-state index < -0.39 is 0 Å². The number of likely N-dealkylation sites (tertiary alicyclic amines) is 2. The zero-order chi connectivity index (χ0) is 19.1. The van der Waals surface area contributed by atoms with Crippen LogP contribution in [0.2, 0.25) is 0 Å². The van der Waals surface area contributed by atoms with Gasteiger partial charge in [-0.1, -0.05) is 24.3 Å². The number of amides is 2. The third-order valence-corrected chi connectivity index (χ3v) is 5.81. The number of fused-ring (bicyclic) bond motifs is 1. The van der Waals surface area contributed by atoms with Crippen LogP contribution in [0, 0.1) is 18.8 Å². The molecule has 2 saturated heterocycles. The molecule has 27 heavy (non-hydrogen) atoms. The molecule has 0 saturated carbocycles. The van der Waals surface area contributed by atoms with Crippen molar-refractivity contribution in [3.8, 4) is 0 Å². The Balaban J connectivity index is 1.59. The van der Waals surface area contributed by atoms with Crippen molar-refractivity contribution in [2.75, 3.05) is 19.6 Å². The molecule has 0 bridgehead atoms. The molecule has 2 N–H and O–H groups in total. The number of aromatic nitrogens is 1. The number of carbonyl (C=O) groups is 2. The second kappa shape index (κ2) is 6.81. The van der Waals surface area contributed by atoms with Crippen molar-refractivity contribution < 1.29 is 14.0 Å². The monoisotopic (exact) mass is 368 g/mol. The predicted molar refractivity (Wildman–Crippen MR) is 98.6 cm³/mol. The molecule has 2 amide bonds. The number of oxazole rings is 1. The number of hydrogen-bond donors (Lipinski definition) is 1. The van der Waals surface area contributed by atoms with E-state index in [1.54, 1.807) is 6.92 Å². The molecular formula is C20H24N4O3. The van der Waals surface area contributed by atoms with E-state index in [9.17, 15) is 9.59 Å². The lowest BCUT2D eigenvalue weighted by molar-refractivity contribution is -0.130. The van der Waals surface area contributed by atoms with Gasteiger partial charge in [-0.05, 0) is 18.1 Å². The molecule has 2 aromatic rings. The quantitative estimate of drug-likeness (QED) is 0.891. The Morgan fingerprint density at radius 2 is 2.04 bits per heavy atom. The van der Waals surface area contributed by atoms with Crippen LogP contribution >= 0.6 is 0 Å². The van der Waals surface area contributed by atoms with Gasteiger partial charge in [-0.25, -0.2) is 4.98 Å². The normalized spacial score (nSPS) is 24.3. The van der Waals surface area contributed by atoms with Gasteiger partial charge >= 0.3 is 0 Å². The zero-order valence-corrected chi connectivity index (χ0v) is 15.6. The number of rotatable bonds is 3. The lowest BCUT2D eigenvalue weighted by Crippen LogP contribution is -2.36. The summed E-state index contributed by atoms with van der Waals surface area (Å²) in [5.41, 5.74) is 8.15. The SMILES string of the molecule is CC(=O)N1C[C@H]2CN(C(=O)c3coc(CN)n3)C[C@H]2[C@@H]1c1ccccc1C. The van der Waals surface area contributed by atoms with E-state index in [1.165, 1.54) is 17.4 Å². The Morgan fingerprint density at radius 3 is 2.70 bits per heavy atom. The molecule has 0 aliphatic carbocycles. The molecule has 1 aromatic carbocycles. The van der Waals surface area contributed by atoms with Gasteiger partial charge in [-0.3, -0.25) is 9.59 Å². The third kappa shape index (κ3) is 3.02. The Kier molecular flexibility index (Phi) is 4.47. The van der Waals surface area contributed by atoms with Crippen molar-refractivity contribution in [2.45, 2.75) is 26.4 Å². The van der Waals surface area contributed by atoms with Gasteiger partial charge < -0.3 is 20.0 Å². The second-order valence-corrected chi connectivity index (χ2v) is 7.44.